The zero-order valence-electron chi connectivity index (χ0n) is 59.8. The Labute approximate surface area is 564 Å². The molecule has 0 aromatic carbocycles. The Kier molecular flexibility index (Phi) is 73.9. The number of hydrogen-bond acceptors (Lipinski definition) is 8. The van der Waals surface area contributed by atoms with Crippen molar-refractivity contribution in [3.63, 3.8) is 0 Å². The van der Waals surface area contributed by atoms with Gasteiger partial charge in [0.05, 0.1) is 13.2 Å². The zero-order valence-corrected chi connectivity index (χ0v) is 60.7. The molecule has 10 heteroatoms. The Balaban J connectivity index is 3.78. The van der Waals surface area contributed by atoms with Crippen molar-refractivity contribution in [1.29, 1.82) is 0 Å². The molecule has 0 heterocycles. The first kappa shape index (κ1) is 88.2. The van der Waals surface area contributed by atoms with Crippen LogP contribution >= 0.6 is 7.82 Å². The van der Waals surface area contributed by atoms with Gasteiger partial charge in [-0.15, -0.1) is 0 Å². The van der Waals surface area contributed by atoms with Crippen LogP contribution < -0.4 is 5.73 Å². The fourth-order valence-corrected chi connectivity index (χ4v) is 12.3. The number of carbonyl (C=O) groups excluding carboxylic acids is 2. The molecule has 2 unspecified atom stereocenters. The van der Waals surface area contributed by atoms with Crippen LogP contribution in [0.5, 0.6) is 0 Å². The minimum Gasteiger partial charge on any atom is -0.462 e. The number of phosphoric ester groups is 1. The lowest BCUT2D eigenvalue weighted by Gasteiger charge is -2.19. The van der Waals surface area contributed by atoms with Gasteiger partial charge in [-0.05, 0) is 89.9 Å². The summed E-state index contributed by atoms with van der Waals surface area (Å²) in [5, 5.41) is 0. The lowest BCUT2D eigenvalue weighted by molar-refractivity contribution is -0.161. The molecule has 3 N–H and O–H groups in total. The maximum atomic E-state index is 12.8. The van der Waals surface area contributed by atoms with Crippen LogP contribution in [0.25, 0.3) is 0 Å². The Morgan fingerprint density at radius 1 is 0.341 bits per heavy atom. The monoisotopic (exact) mass is 1290 g/mol. The second-order valence-corrected chi connectivity index (χ2v) is 27.7. The molecular weight excluding hydrogens is 1150 g/mol. The SMILES string of the molecule is CC/C=C\C/C=C\C/C=C\C/C=C\C/C=C\CCCCCCCCCCCCCCCCCCCCCCCC(=O)OC(COC(=O)CCCCCCCCCCCCCCCCCCCCCCC/C=C\C/C=C\CCCCCCC)COP(=O)(O)OCCN. The number of rotatable bonds is 74. The summed E-state index contributed by atoms with van der Waals surface area (Å²) in [6.07, 6.45) is 103. The van der Waals surface area contributed by atoms with Gasteiger partial charge in [0.25, 0.3) is 0 Å². The normalized spacial score (nSPS) is 13.3. The highest BCUT2D eigenvalue weighted by Gasteiger charge is 2.26. The van der Waals surface area contributed by atoms with Gasteiger partial charge in [0.1, 0.15) is 6.61 Å². The zero-order chi connectivity index (χ0) is 65.8. The van der Waals surface area contributed by atoms with Crippen molar-refractivity contribution in [2.45, 2.75) is 392 Å². The molecular formula is C81H148NO8P. The van der Waals surface area contributed by atoms with Crippen molar-refractivity contribution in [2.24, 2.45) is 5.73 Å². The third-order valence-electron chi connectivity index (χ3n) is 17.3. The Bertz CT molecular complexity index is 1770. The number of carbonyl (C=O) groups is 2. The largest absolute Gasteiger partial charge is 0.472 e. The van der Waals surface area contributed by atoms with Crippen LogP contribution in [-0.4, -0.2) is 49.3 Å². The van der Waals surface area contributed by atoms with E-state index in [1.54, 1.807) is 0 Å². The predicted molar refractivity (Wildman–Crippen MR) is 395 cm³/mol. The van der Waals surface area contributed by atoms with Crippen LogP contribution in [0.4, 0.5) is 0 Å². The maximum Gasteiger partial charge on any atom is 0.472 e. The number of hydrogen-bond donors (Lipinski definition) is 2. The summed E-state index contributed by atoms with van der Waals surface area (Å²) in [7, 11) is -4.40. The van der Waals surface area contributed by atoms with Crippen molar-refractivity contribution < 1.29 is 37.6 Å². The van der Waals surface area contributed by atoms with Gasteiger partial charge in [-0.2, -0.15) is 0 Å². The van der Waals surface area contributed by atoms with Gasteiger partial charge in [0.2, 0.25) is 0 Å². The van der Waals surface area contributed by atoms with Crippen molar-refractivity contribution in [1.82, 2.24) is 0 Å². The van der Waals surface area contributed by atoms with Crippen LogP contribution in [0.15, 0.2) is 85.1 Å². The number of nitrogens with two attached hydrogens (primary N) is 1. The molecule has 0 aliphatic rings. The summed E-state index contributed by atoms with van der Waals surface area (Å²) in [5.41, 5.74) is 5.41. The minimum absolute atomic E-state index is 0.0541. The molecule has 0 aliphatic carbocycles. The molecule has 0 rings (SSSR count). The number of unbranched alkanes of at least 4 members (excludes halogenated alkanes) is 47. The summed E-state index contributed by atoms with van der Waals surface area (Å²) in [5.74, 6) is -0.807. The van der Waals surface area contributed by atoms with Gasteiger partial charge in [-0.3, -0.25) is 18.6 Å². The van der Waals surface area contributed by atoms with Crippen LogP contribution in [0.2, 0.25) is 0 Å². The molecule has 91 heavy (non-hydrogen) atoms. The first-order chi connectivity index (χ1) is 44.8. The first-order valence-electron chi connectivity index (χ1n) is 39.1. The lowest BCUT2D eigenvalue weighted by Crippen LogP contribution is -2.29. The minimum atomic E-state index is -4.40. The van der Waals surface area contributed by atoms with E-state index in [1.807, 2.05) is 0 Å². The molecule has 0 saturated heterocycles. The summed E-state index contributed by atoms with van der Waals surface area (Å²) in [6, 6.07) is 0. The van der Waals surface area contributed by atoms with Gasteiger partial charge in [-0.25, -0.2) is 4.57 Å². The summed E-state index contributed by atoms with van der Waals surface area (Å²) < 4.78 is 33.3. The lowest BCUT2D eigenvalue weighted by atomic mass is 10.0. The van der Waals surface area contributed by atoms with E-state index in [9.17, 15) is 19.0 Å². The van der Waals surface area contributed by atoms with E-state index in [2.05, 4.69) is 98.9 Å². The van der Waals surface area contributed by atoms with Gasteiger partial charge < -0.3 is 20.1 Å². The molecule has 0 saturated carbocycles. The van der Waals surface area contributed by atoms with Gasteiger partial charge >= 0.3 is 19.8 Å². The average Bonchev–Trinajstić information content (AvgIpc) is 3.74. The topological polar surface area (TPSA) is 134 Å². The number of phosphoric acid groups is 1. The molecule has 2 atom stereocenters. The van der Waals surface area contributed by atoms with E-state index in [0.717, 1.165) is 70.6 Å². The molecule has 0 fully saturated rings. The van der Waals surface area contributed by atoms with Crippen molar-refractivity contribution in [3.05, 3.63) is 85.1 Å². The molecule has 0 amide bonds. The van der Waals surface area contributed by atoms with E-state index in [1.165, 1.54) is 283 Å². The first-order valence-corrected chi connectivity index (χ1v) is 40.6. The summed E-state index contributed by atoms with van der Waals surface area (Å²) in [4.78, 5) is 35.5. The molecule has 0 bridgehead atoms. The quantitative estimate of drug-likeness (QED) is 0.0264. The van der Waals surface area contributed by atoms with E-state index in [4.69, 9.17) is 24.3 Å². The highest BCUT2D eigenvalue weighted by molar-refractivity contribution is 7.47. The van der Waals surface area contributed by atoms with Crippen LogP contribution in [0.1, 0.15) is 386 Å². The molecule has 0 aromatic rings. The van der Waals surface area contributed by atoms with E-state index >= 15 is 0 Å². The molecule has 0 spiro atoms. The third kappa shape index (κ3) is 76.1. The van der Waals surface area contributed by atoms with Crippen molar-refractivity contribution in [2.75, 3.05) is 26.4 Å². The smallest absolute Gasteiger partial charge is 0.462 e. The summed E-state index contributed by atoms with van der Waals surface area (Å²) in [6.45, 7) is 3.68. The Morgan fingerprint density at radius 3 is 0.901 bits per heavy atom. The maximum absolute atomic E-state index is 12.8. The van der Waals surface area contributed by atoms with Crippen LogP contribution in [-0.2, 0) is 32.7 Å². The van der Waals surface area contributed by atoms with E-state index in [0.29, 0.717) is 6.42 Å². The van der Waals surface area contributed by atoms with E-state index in [-0.39, 0.29) is 38.6 Å². The summed E-state index contributed by atoms with van der Waals surface area (Å²) >= 11 is 0. The van der Waals surface area contributed by atoms with Crippen molar-refractivity contribution >= 4 is 19.8 Å². The highest BCUT2D eigenvalue weighted by atomic mass is 31.2. The Morgan fingerprint density at radius 2 is 0.604 bits per heavy atom. The second kappa shape index (κ2) is 76.2. The van der Waals surface area contributed by atoms with Gasteiger partial charge in [-0.1, -0.05) is 369 Å². The molecule has 0 aromatic heterocycles. The van der Waals surface area contributed by atoms with Gasteiger partial charge in [0.15, 0.2) is 6.10 Å². The molecule has 0 aliphatic heterocycles. The van der Waals surface area contributed by atoms with E-state index < -0.39 is 26.5 Å². The molecule has 530 valence electrons. The standard InChI is InChI=1S/C81H148NO8P/c1-3-5-7-9-11-13-15-17-19-21-23-25-27-29-31-33-35-37-38-39-40-42-44-46-48-50-52-54-56-58-60-62-64-66-68-70-72-74-81(84)90-79(78-89-91(85,86)88-76-75-82)77-87-80(83)73-71-69-67-65-63-61-59-57-55-53-51-49-47-45-43-41-36-34-32-30-28-26-24-22-20-18-16-14-12-10-8-6-4-2/h5,7,11,13,16-19,22-25,29,31,79H,3-4,6,8-10,12,14-15,20-21,26-28,30,32-78,82H2,1-2H3,(H,85,86)/b7-5-,13-11-,18-16-,19-17-,24-22-,25-23-,31-29-. The highest BCUT2D eigenvalue weighted by Crippen LogP contribution is 2.43. The van der Waals surface area contributed by atoms with Gasteiger partial charge in [0, 0.05) is 19.4 Å². The fourth-order valence-electron chi connectivity index (χ4n) is 11.5. The second-order valence-electron chi connectivity index (χ2n) is 26.2. The number of esters is 2. The average molecular weight is 1300 g/mol. The van der Waals surface area contributed by atoms with Crippen LogP contribution in [0.3, 0.4) is 0 Å². The number of allylic oxidation sites excluding steroid dienone is 14. The molecule has 9 nitrogen and oxygen atoms in total. The van der Waals surface area contributed by atoms with Crippen LogP contribution in [0, 0.1) is 0 Å². The molecule has 0 radical (unpaired) electrons. The fraction of sp³-hybridized carbons (Fsp3) is 0.802. The van der Waals surface area contributed by atoms with Crippen molar-refractivity contribution in [3.8, 4) is 0 Å². The number of ether oxygens (including phenoxy) is 2. The third-order valence-corrected chi connectivity index (χ3v) is 18.2. The Hall–Kier alpha value is -2.81. The predicted octanol–water partition coefficient (Wildman–Crippen LogP) is 26.1.